The summed E-state index contributed by atoms with van der Waals surface area (Å²) in [4.78, 5) is 11.8. The number of hydrogen-bond donors (Lipinski definition) is 1. The number of halogens is 2. The molecule has 8 heteroatoms. The van der Waals surface area contributed by atoms with Crippen LogP contribution in [0.5, 0.6) is 17.2 Å². The molecule has 1 amide bonds. The van der Waals surface area contributed by atoms with Crippen LogP contribution in [0, 0.1) is 5.82 Å². The molecule has 0 saturated carbocycles. The molecule has 2 aromatic rings. The van der Waals surface area contributed by atoms with E-state index in [9.17, 15) is 13.4 Å². The van der Waals surface area contributed by atoms with Crippen molar-refractivity contribution in [1.29, 1.82) is 0 Å². The zero-order valence-electron chi connectivity index (χ0n) is 13.0. The molecule has 0 saturated heterocycles. The Balaban J connectivity index is 2.26. The highest BCUT2D eigenvalue weighted by atomic mass is 35.5. The molecule has 0 aliphatic carbocycles. The highest BCUT2D eigenvalue weighted by molar-refractivity contribution is 7.82. The number of carbonyl (C=O) groups excluding carboxylic acids is 1. The molecule has 0 bridgehead atoms. The maximum Gasteiger partial charge on any atom is 0.265 e. The molecule has 0 aliphatic rings. The molecule has 1 atom stereocenters. The first kappa shape index (κ1) is 18.2. The molecule has 24 heavy (non-hydrogen) atoms. The van der Waals surface area contributed by atoms with Crippen LogP contribution in [0.4, 0.5) is 4.39 Å². The van der Waals surface area contributed by atoms with Gasteiger partial charge >= 0.3 is 0 Å². The van der Waals surface area contributed by atoms with E-state index in [1.165, 1.54) is 6.26 Å². The number of hydrogen-bond acceptors (Lipinski definition) is 4. The normalized spacial score (nSPS) is 11.7. The fourth-order valence-corrected chi connectivity index (χ4v) is 2.46. The van der Waals surface area contributed by atoms with Crippen LogP contribution in [0.1, 0.15) is 17.3 Å². The third kappa shape index (κ3) is 4.69. The summed E-state index contributed by atoms with van der Waals surface area (Å²) in [5.74, 6) is -0.586. The van der Waals surface area contributed by atoms with Gasteiger partial charge in [0.1, 0.15) is 34.1 Å². The van der Waals surface area contributed by atoms with Crippen molar-refractivity contribution in [2.75, 3.05) is 12.9 Å². The Hall–Kier alpha value is -2.12. The Morgan fingerprint density at radius 1 is 1.29 bits per heavy atom. The number of benzene rings is 2. The van der Waals surface area contributed by atoms with Crippen LogP contribution in [0.3, 0.4) is 0 Å². The molecular formula is C16H15ClFNO4S. The SMILES string of the molecule is CCOc1cccc(Oc2cc(F)c(C(=O)NS(C)=O)cc2Cl)c1. The van der Waals surface area contributed by atoms with Crippen molar-refractivity contribution in [1.82, 2.24) is 4.72 Å². The smallest absolute Gasteiger partial charge is 0.265 e. The van der Waals surface area contributed by atoms with Crippen LogP contribution in [0.15, 0.2) is 36.4 Å². The standard InChI is InChI=1S/C16H15ClFNO4S/c1-3-22-10-5-4-6-11(7-10)23-15-9-14(18)12(8-13(15)17)16(20)19-24(2)21/h4-9H,3H2,1-2H3,(H,19,20). The molecule has 0 spiro atoms. The highest BCUT2D eigenvalue weighted by Gasteiger charge is 2.17. The third-order valence-corrected chi connectivity index (χ3v) is 3.62. The molecule has 5 nitrogen and oxygen atoms in total. The van der Waals surface area contributed by atoms with Crippen molar-refractivity contribution in [2.24, 2.45) is 0 Å². The fourth-order valence-electron chi connectivity index (χ4n) is 1.89. The van der Waals surface area contributed by atoms with Crippen LogP contribution in [0.2, 0.25) is 5.02 Å². The van der Waals surface area contributed by atoms with Gasteiger partial charge in [-0.1, -0.05) is 17.7 Å². The first-order valence-corrected chi connectivity index (χ1v) is 8.88. The average Bonchev–Trinajstić information content (AvgIpc) is 2.50. The lowest BCUT2D eigenvalue weighted by molar-refractivity contribution is 0.0979. The van der Waals surface area contributed by atoms with E-state index >= 15 is 0 Å². The third-order valence-electron chi connectivity index (χ3n) is 2.85. The zero-order valence-corrected chi connectivity index (χ0v) is 14.5. The van der Waals surface area contributed by atoms with Gasteiger partial charge in [-0.3, -0.25) is 9.52 Å². The second-order valence-electron chi connectivity index (χ2n) is 4.66. The van der Waals surface area contributed by atoms with Gasteiger partial charge in [0.15, 0.2) is 0 Å². The number of nitrogens with one attached hydrogen (secondary N) is 1. The first-order chi connectivity index (χ1) is 11.4. The van der Waals surface area contributed by atoms with Crippen LogP contribution in [0.25, 0.3) is 0 Å². The van der Waals surface area contributed by atoms with Crippen LogP contribution < -0.4 is 14.2 Å². The molecule has 128 valence electrons. The number of amides is 1. The summed E-state index contributed by atoms with van der Waals surface area (Å²) in [5.41, 5.74) is -0.314. The van der Waals surface area contributed by atoms with Gasteiger partial charge < -0.3 is 9.47 Å². The van der Waals surface area contributed by atoms with Gasteiger partial charge in [0.05, 0.1) is 17.2 Å². The second-order valence-corrected chi connectivity index (χ2v) is 6.18. The van der Waals surface area contributed by atoms with Crippen LogP contribution in [-0.2, 0) is 11.0 Å². The highest BCUT2D eigenvalue weighted by Crippen LogP contribution is 2.33. The lowest BCUT2D eigenvalue weighted by Crippen LogP contribution is -2.25. The van der Waals surface area contributed by atoms with Gasteiger partial charge in [-0.25, -0.2) is 8.60 Å². The summed E-state index contributed by atoms with van der Waals surface area (Å²) >= 11 is 6.05. The second kappa shape index (κ2) is 8.12. The molecule has 1 unspecified atom stereocenters. The molecule has 0 aromatic heterocycles. The Kier molecular flexibility index (Phi) is 6.16. The lowest BCUT2D eigenvalue weighted by atomic mass is 10.2. The molecule has 0 radical (unpaired) electrons. The van der Waals surface area contributed by atoms with E-state index in [1.54, 1.807) is 24.3 Å². The molecule has 0 heterocycles. The Labute approximate surface area is 146 Å². The van der Waals surface area contributed by atoms with E-state index in [0.29, 0.717) is 18.1 Å². The van der Waals surface area contributed by atoms with E-state index in [4.69, 9.17) is 21.1 Å². The monoisotopic (exact) mass is 371 g/mol. The zero-order chi connectivity index (χ0) is 17.7. The summed E-state index contributed by atoms with van der Waals surface area (Å²) in [6, 6.07) is 8.92. The number of rotatable bonds is 6. The minimum absolute atomic E-state index is 0.0465. The molecular weight excluding hydrogens is 357 g/mol. The van der Waals surface area contributed by atoms with Crippen molar-refractivity contribution in [3.63, 3.8) is 0 Å². The summed E-state index contributed by atoms with van der Waals surface area (Å²) in [6.45, 7) is 2.36. The van der Waals surface area contributed by atoms with Crippen LogP contribution in [-0.4, -0.2) is 23.0 Å². The van der Waals surface area contributed by atoms with Crippen LogP contribution >= 0.6 is 11.6 Å². The van der Waals surface area contributed by atoms with Gasteiger partial charge in [0, 0.05) is 18.4 Å². The van der Waals surface area contributed by atoms with Gasteiger partial charge in [-0.15, -0.1) is 0 Å². The molecule has 0 fully saturated rings. The van der Waals surface area contributed by atoms with Gasteiger partial charge in [0.2, 0.25) is 0 Å². The maximum atomic E-state index is 14.1. The van der Waals surface area contributed by atoms with Crippen molar-refractivity contribution in [2.45, 2.75) is 6.92 Å². The molecule has 1 N–H and O–H groups in total. The Morgan fingerprint density at radius 2 is 2.00 bits per heavy atom. The minimum Gasteiger partial charge on any atom is -0.494 e. The average molecular weight is 372 g/mol. The van der Waals surface area contributed by atoms with Gasteiger partial charge in [0.25, 0.3) is 5.91 Å². The van der Waals surface area contributed by atoms with Crippen molar-refractivity contribution in [3.8, 4) is 17.2 Å². The van der Waals surface area contributed by atoms with Gasteiger partial charge in [-0.2, -0.15) is 0 Å². The van der Waals surface area contributed by atoms with E-state index < -0.39 is 22.7 Å². The summed E-state index contributed by atoms with van der Waals surface area (Å²) in [6.07, 6.45) is 1.26. The molecule has 2 rings (SSSR count). The summed E-state index contributed by atoms with van der Waals surface area (Å²) in [7, 11) is -1.61. The van der Waals surface area contributed by atoms with Gasteiger partial charge in [-0.05, 0) is 25.1 Å². The van der Waals surface area contributed by atoms with E-state index in [1.807, 2.05) is 6.92 Å². The van der Waals surface area contributed by atoms with E-state index in [-0.39, 0.29) is 16.3 Å². The summed E-state index contributed by atoms with van der Waals surface area (Å²) < 4.78 is 38.1. The molecule has 2 aromatic carbocycles. The molecule has 0 aliphatic heterocycles. The minimum atomic E-state index is -1.61. The first-order valence-electron chi connectivity index (χ1n) is 6.95. The fraction of sp³-hybridized carbons (Fsp3) is 0.188. The predicted octanol–water partition coefficient (Wildman–Crippen LogP) is 3.69. The Bertz CT molecular complexity index is 785. The summed E-state index contributed by atoms with van der Waals surface area (Å²) in [5, 5.41) is 0.0465. The largest absolute Gasteiger partial charge is 0.494 e. The van der Waals surface area contributed by atoms with E-state index in [2.05, 4.69) is 4.72 Å². The number of carbonyl (C=O) groups is 1. The Morgan fingerprint density at radius 3 is 2.67 bits per heavy atom. The maximum absolute atomic E-state index is 14.1. The van der Waals surface area contributed by atoms with Crippen molar-refractivity contribution in [3.05, 3.63) is 52.8 Å². The quantitative estimate of drug-likeness (QED) is 0.841. The number of ether oxygens (including phenoxy) is 2. The lowest BCUT2D eigenvalue weighted by Gasteiger charge is -2.11. The van der Waals surface area contributed by atoms with Crippen molar-refractivity contribution < 1.29 is 22.9 Å². The van der Waals surface area contributed by atoms with Crippen molar-refractivity contribution >= 4 is 28.5 Å². The predicted molar refractivity (Wildman–Crippen MR) is 90.6 cm³/mol. The van der Waals surface area contributed by atoms with E-state index in [0.717, 1.165) is 12.1 Å². The topological polar surface area (TPSA) is 64.6 Å².